The van der Waals surface area contributed by atoms with E-state index in [4.69, 9.17) is 10.5 Å². The zero-order chi connectivity index (χ0) is 14.9. The van der Waals surface area contributed by atoms with Crippen molar-refractivity contribution >= 4 is 11.6 Å². The van der Waals surface area contributed by atoms with Gasteiger partial charge in [-0.1, -0.05) is 13.8 Å². The van der Waals surface area contributed by atoms with Gasteiger partial charge in [-0.3, -0.25) is 4.79 Å². The lowest BCUT2D eigenvalue weighted by molar-refractivity contribution is -0.0689. The SMILES string of the molecule is CCOc1ccc(C(=O)NC2CC(O)C2(C)C)cc1N. The molecule has 1 aromatic carbocycles. The Hall–Kier alpha value is -1.75. The molecule has 20 heavy (non-hydrogen) atoms. The van der Waals surface area contributed by atoms with Crippen molar-refractivity contribution in [2.45, 2.75) is 39.3 Å². The van der Waals surface area contributed by atoms with Crippen LogP contribution in [0.3, 0.4) is 0 Å². The second-order valence-electron chi connectivity index (χ2n) is 5.78. The number of hydrogen-bond acceptors (Lipinski definition) is 4. The van der Waals surface area contributed by atoms with Crippen molar-refractivity contribution in [3.05, 3.63) is 23.8 Å². The second kappa shape index (κ2) is 5.32. The molecule has 1 fully saturated rings. The number of nitrogens with two attached hydrogens (primary N) is 1. The normalized spacial score (nSPS) is 23.8. The van der Waals surface area contributed by atoms with Crippen LogP contribution in [0.15, 0.2) is 18.2 Å². The minimum Gasteiger partial charge on any atom is -0.492 e. The molecule has 2 rings (SSSR count). The highest BCUT2D eigenvalue weighted by molar-refractivity contribution is 5.95. The predicted octanol–water partition coefficient (Wildman–Crippen LogP) is 1.56. The number of benzene rings is 1. The highest BCUT2D eigenvalue weighted by Gasteiger charge is 2.47. The van der Waals surface area contributed by atoms with Crippen molar-refractivity contribution in [1.29, 1.82) is 0 Å². The van der Waals surface area contributed by atoms with Gasteiger partial charge >= 0.3 is 0 Å². The first kappa shape index (κ1) is 14.7. The third kappa shape index (κ3) is 2.58. The summed E-state index contributed by atoms with van der Waals surface area (Å²) in [5.41, 5.74) is 6.52. The Morgan fingerprint density at radius 2 is 2.25 bits per heavy atom. The number of aliphatic hydroxyl groups excluding tert-OH is 1. The fourth-order valence-corrected chi connectivity index (χ4v) is 2.37. The lowest BCUT2D eigenvalue weighted by Crippen LogP contribution is -2.61. The maximum atomic E-state index is 12.2. The number of nitrogens with one attached hydrogen (secondary N) is 1. The van der Waals surface area contributed by atoms with Gasteiger partial charge in [-0.05, 0) is 31.5 Å². The molecule has 1 amide bonds. The zero-order valence-corrected chi connectivity index (χ0v) is 12.1. The van der Waals surface area contributed by atoms with E-state index >= 15 is 0 Å². The number of rotatable bonds is 4. The van der Waals surface area contributed by atoms with Gasteiger partial charge in [-0.15, -0.1) is 0 Å². The third-order valence-electron chi connectivity index (χ3n) is 4.09. The molecule has 0 aliphatic heterocycles. The van der Waals surface area contributed by atoms with Gasteiger partial charge in [0.2, 0.25) is 0 Å². The summed E-state index contributed by atoms with van der Waals surface area (Å²) in [6.45, 7) is 6.30. The Morgan fingerprint density at radius 1 is 1.55 bits per heavy atom. The van der Waals surface area contributed by atoms with Crippen LogP contribution in [0.5, 0.6) is 5.75 Å². The molecule has 4 N–H and O–H groups in total. The van der Waals surface area contributed by atoms with Gasteiger partial charge in [0, 0.05) is 17.0 Å². The monoisotopic (exact) mass is 278 g/mol. The molecule has 0 saturated heterocycles. The van der Waals surface area contributed by atoms with Crippen LogP contribution in [0, 0.1) is 5.41 Å². The van der Waals surface area contributed by atoms with Crippen molar-refractivity contribution in [1.82, 2.24) is 5.32 Å². The van der Waals surface area contributed by atoms with E-state index in [0.29, 0.717) is 30.0 Å². The summed E-state index contributed by atoms with van der Waals surface area (Å²) >= 11 is 0. The Balaban J connectivity index is 2.05. The van der Waals surface area contributed by atoms with Crippen LogP contribution >= 0.6 is 0 Å². The van der Waals surface area contributed by atoms with E-state index in [2.05, 4.69) is 5.32 Å². The number of amides is 1. The van der Waals surface area contributed by atoms with Gasteiger partial charge < -0.3 is 20.9 Å². The molecule has 1 saturated carbocycles. The van der Waals surface area contributed by atoms with E-state index in [9.17, 15) is 9.90 Å². The maximum absolute atomic E-state index is 12.2. The number of carbonyl (C=O) groups is 1. The van der Waals surface area contributed by atoms with Gasteiger partial charge in [-0.2, -0.15) is 0 Å². The number of nitrogen functional groups attached to an aromatic ring is 1. The highest BCUT2D eigenvalue weighted by atomic mass is 16.5. The largest absolute Gasteiger partial charge is 0.492 e. The molecular formula is C15H22N2O3. The van der Waals surface area contributed by atoms with Gasteiger partial charge in [0.15, 0.2) is 0 Å². The molecule has 1 aliphatic carbocycles. The van der Waals surface area contributed by atoms with Gasteiger partial charge in [0.05, 0.1) is 18.4 Å². The molecule has 0 spiro atoms. The van der Waals surface area contributed by atoms with Gasteiger partial charge in [0.25, 0.3) is 5.91 Å². The van der Waals surface area contributed by atoms with Gasteiger partial charge in [0.1, 0.15) is 5.75 Å². The molecule has 0 heterocycles. The number of carbonyl (C=O) groups excluding carboxylic acids is 1. The molecule has 2 unspecified atom stereocenters. The molecule has 0 bridgehead atoms. The molecule has 2 atom stereocenters. The Morgan fingerprint density at radius 3 is 2.75 bits per heavy atom. The van der Waals surface area contributed by atoms with Gasteiger partial charge in [-0.25, -0.2) is 0 Å². The summed E-state index contributed by atoms with van der Waals surface area (Å²) in [7, 11) is 0. The second-order valence-corrected chi connectivity index (χ2v) is 5.78. The molecule has 1 aliphatic rings. The zero-order valence-electron chi connectivity index (χ0n) is 12.1. The van der Waals surface area contributed by atoms with E-state index < -0.39 is 0 Å². The molecule has 5 nitrogen and oxygen atoms in total. The molecule has 1 aromatic rings. The minimum absolute atomic E-state index is 0.0159. The van der Waals surface area contributed by atoms with E-state index in [1.54, 1.807) is 18.2 Å². The minimum atomic E-state index is -0.363. The van der Waals surface area contributed by atoms with E-state index in [1.807, 2.05) is 20.8 Å². The first-order valence-electron chi connectivity index (χ1n) is 6.87. The number of ether oxygens (including phenoxy) is 1. The summed E-state index contributed by atoms with van der Waals surface area (Å²) in [6.07, 6.45) is 0.226. The van der Waals surface area contributed by atoms with Crippen LogP contribution in [0.4, 0.5) is 5.69 Å². The summed E-state index contributed by atoms with van der Waals surface area (Å²) in [5, 5.41) is 12.6. The van der Waals surface area contributed by atoms with E-state index in [1.165, 1.54) is 0 Å². The van der Waals surface area contributed by atoms with E-state index in [-0.39, 0.29) is 23.5 Å². The molecule has 0 radical (unpaired) electrons. The lowest BCUT2D eigenvalue weighted by atomic mass is 9.64. The average Bonchev–Trinajstić information content (AvgIpc) is 2.40. The standard InChI is InChI=1S/C15H22N2O3/c1-4-20-11-6-5-9(7-10(11)16)14(19)17-12-8-13(18)15(12,2)3/h5-7,12-13,18H,4,8,16H2,1-3H3,(H,17,19). The summed E-state index contributed by atoms with van der Waals surface area (Å²) in [6, 6.07) is 4.99. The van der Waals surface area contributed by atoms with Crippen LogP contribution in [-0.4, -0.2) is 29.8 Å². The highest BCUT2D eigenvalue weighted by Crippen LogP contribution is 2.40. The van der Waals surface area contributed by atoms with E-state index in [0.717, 1.165) is 0 Å². The Kier molecular flexibility index (Phi) is 3.90. The lowest BCUT2D eigenvalue weighted by Gasteiger charge is -2.49. The summed E-state index contributed by atoms with van der Waals surface area (Å²) < 4.78 is 5.34. The maximum Gasteiger partial charge on any atom is 0.251 e. The van der Waals surface area contributed by atoms with Crippen LogP contribution in [0.1, 0.15) is 37.6 Å². The van der Waals surface area contributed by atoms with Crippen molar-refractivity contribution < 1.29 is 14.6 Å². The fraction of sp³-hybridized carbons (Fsp3) is 0.533. The molecule has 110 valence electrons. The predicted molar refractivity (Wildman–Crippen MR) is 77.7 cm³/mol. The third-order valence-corrected chi connectivity index (χ3v) is 4.09. The smallest absolute Gasteiger partial charge is 0.251 e. The van der Waals surface area contributed by atoms with Crippen LogP contribution in [0.2, 0.25) is 0 Å². The van der Waals surface area contributed by atoms with Crippen LogP contribution in [0.25, 0.3) is 0 Å². The fourth-order valence-electron chi connectivity index (χ4n) is 2.37. The topological polar surface area (TPSA) is 84.6 Å². The number of anilines is 1. The van der Waals surface area contributed by atoms with Crippen molar-refractivity contribution in [2.75, 3.05) is 12.3 Å². The first-order valence-corrected chi connectivity index (χ1v) is 6.87. The molecular weight excluding hydrogens is 256 g/mol. The number of aliphatic hydroxyl groups is 1. The molecule has 0 aromatic heterocycles. The van der Waals surface area contributed by atoms with Crippen LogP contribution < -0.4 is 15.8 Å². The average molecular weight is 278 g/mol. The summed E-state index contributed by atoms with van der Waals surface area (Å²) in [5.74, 6) is 0.410. The Labute approximate surface area is 119 Å². The Bertz CT molecular complexity index is 514. The quantitative estimate of drug-likeness (QED) is 0.730. The molecule has 5 heteroatoms. The number of hydrogen-bond donors (Lipinski definition) is 3. The van der Waals surface area contributed by atoms with Crippen molar-refractivity contribution in [3.8, 4) is 5.75 Å². The van der Waals surface area contributed by atoms with Crippen molar-refractivity contribution in [3.63, 3.8) is 0 Å². The summed E-state index contributed by atoms with van der Waals surface area (Å²) in [4.78, 5) is 12.2. The van der Waals surface area contributed by atoms with Crippen molar-refractivity contribution in [2.24, 2.45) is 5.41 Å². The van der Waals surface area contributed by atoms with Crippen LogP contribution in [-0.2, 0) is 0 Å². The first-order chi connectivity index (χ1) is 9.36.